The molecule has 2 N–H and O–H groups in total. The molecule has 6 heteroatoms. The van der Waals surface area contributed by atoms with Crippen molar-refractivity contribution in [2.75, 3.05) is 5.32 Å². The molecule has 0 aliphatic heterocycles. The molecule has 0 radical (unpaired) electrons. The first-order valence-electron chi connectivity index (χ1n) is 5.48. The first-order valence-corrected chi connectivity index (χ1v) is 5.48. The van der Waals surface area contributed by atoms with Crippen LogP contribution in [0.5, 0.6) is 0 Å². The lowest BCUT2D eigenvalue weighted by molar-refractivity contribution is 0.0696. The summed E-state index contributed by atoms with van der Waals surface area (Å²) in [6, 6.07) is 4.33. The number of carbonyl (C=O) groups is 2. The van der Waals surface area contributed by atoms with Gasteiger partial charge in [-0.2, -0.15) is 0 Å². The molecule has 2 rings (SSSR count). The summed E-state index contributed by atoms with van der Waals surface area (Å²) in [5, 5.41) is 11.4. The average molecular weight is 257 g/mol. The maximum atomic E-state index is 11.9. The highest BCUT2D eigenvalue weighted by Gasteiger charge is 2.09. The number of aromatic nitrogens is 2. The van der Waals surface area contributed by atoms with Gasteiger partial charge in [-0.1, -0.05) is 0 Å². The molecule has 1 amide bonds. The van der Waals surface area contributed by atoms with E-state index < -0.39 is 5.97 Å². The fourth-order valence-electron chi connectivity index (χ4n) is 1.50. The Bertz CT molecular complexity index is 641. The number of rotatable bonds is 3. The van der Waals surface area contributed by atoms with Crippen molar-refractivity contribution in [3.05, 3.63) is 53.5 Å². The van der Waals surface area contributed by atoms with Gasteiger partial charge >= 0.3 is 5.97 Å². The molecular formula is C13H11N3O3. The zero-order valence-electron chi connectivity index (χ0n) is 10.1. The summed E-state index contributed by atoms with van der Waals surface area (Å²) in [6.07, 6.45) is 4.40. The minimum absolute atomic E-state index is 0.0627. The van der Waals surface area contributed by atoms with E-state index in [1.54, 1.807) is 12.3 Å². The zero-order valence-corrected chi connectivity index (χ0v) is 10.1. The van der Waals surface area contributed by atoms with Gasteiger partial charge in [-0.15, -0.1) is 0 Å². The first-order chi connectivity index (χ1) is 9.06. The summed E-state index contributed by atoms with van der Waals surface area (Å²) in [5.74, 6) is -1.27. The Hall–Kier alpha value is -2.76. The summed E-state index contributed by atoms with van der Waals surface area (Å²) in [5.41, 5.74) is 1.31. The number of nitrogens with zero attached hydrogens (tertiary/aromatic N) is 2. The summed E-state index contributed by atoms with van der Waals surface area (Å²) in [7, 11) is 0. The van der Waals surface area contributed by atoms with Crippen molar-refractivity contribution < 1.29 is 14.7 Å². The van der Waals surface area contributed by atoms with Gasteiger partial charge in [0.25, 0.3) is 5.91 Å². The molecule has 0 aliphatic carbocycles. The smallest absolute Gasteiger partial charge is 0.335 e. The van der Waals surface area contributed by atoms with Crippen LogP contribution in [-0.4, -0.2) is 27.0 Å². The third kappa shape index (κ3) is 3.12. The number of aryl methyl sites for hydroxylation is 1. The Kier molecular flexibility index (Phi) is 3.51. The molecule has 0 bridgehead atoms. The van der Waals surface area contributed by atoms with Gasteiger partial charge in [0.05, 0.1) is 11.1 Å². The predicted octanol–water partition coefficient (Wildman–Crippen LogP) is 1.74. The molecule has 0 atom stereocenters. The molecule has 0 fully saturated rings. The van der Waals surface area contributed by atoms with Crippen LogP contribution in [-0.2, 0) is 0 Å². The Balaban J connectivity index is 2.19. The van der Waals surface area contributed by atoms with Gasteiger partial charge in [-0.05, 0) is 30.7 Å². The molecule has 0 unspecified atom stereocenters. The molecule has 0 aliphatic rings. The minimum atomic E-state index is -1.07. The summed E-state index contributed by atoms with van der Waals surface area (Å²) in [4.78, 5) is 30.5. The van der Waals surface area contributed by atoms with E-state index in [1.165, 1.54) is 24.5 Å². The van der Waals surface area contributed by atoms with E-state index in [0.717, 1.165) is 5.56 Å². The van der Waals surface area contributed by atoms with Crippen molar-refractivity contribution in [1.82, 2.24) is 9.97 Å². The van der Waals surface area contributed by atoms with E-state index in [2.05, 4.69) is 15.3 Å². The first kappa shape index (κ1) is 12.7. The van der Waals surface area contributed by atoms with Gasteiger partial charge < -0.3 is 10.4 Å². The van der Waals surface area contributed by atoms with Crippen molar-refractivity contribution >= 4 is 17.7 Å². The predicted molar refractivity (Wildman–Crippen MR) is 68.1 cm³/mol. The molecule has 2 aromatic heterocycles. The van der Waals surface area contributed by atoms with Gasteiger partial charge in [0.2, 0.25) is 0 Å². The number of hydrogen-bond acceptors (Lipinski definition) is 4. The van der Waals surface area contributed by atoms with Crippen LogP contribution in [0.4, 0.5) is 5.82 Å². The number of anilines is 1. The zero-order chi connectivity index (χ0) is 13.8. The highest BCUT2D eigenvalue weighted by molar-refractivity contribution is 6.04. The SMILES string of the molecule is Cc1cncc(C(=O)Nc2cc(C(=O)O)ccn2)c1. The number of carboxylic acids is 1. The second-order valence-corrected chi connectivity index (χ2v) is 3.94. The molecule has 6 nitrogen and oxygen atoms in total. The molecule has 0 saturated carbocycles. The normalized spacial score (nSPS) is 9.95. The topological polar surface area (TPSA) is 92.2 Å². The molecule has 0 saturated heterocycles. The van der Waals surface area contributed by atoms with Gasteiger partial charge in [0, 0.05) is 18.6 Å². The lowest BCUT2D eigenvalue weighted by atomic mass is 10.2. The maximum Gasteiger partial charge on any atom is 0.335 e. The third-order valence-electron chi connectivity index (χ3n) is 2.39. The van der Waals surface area contributed by atoms with Gasteiger partial charge in [0.1, 0.15) is 5.82 Å². The third-order valence-corrected chi connectivity index (χ3v) is 2.39. The lowest BCUT2D eigenvalue weighted by Crippen LogP contribution is -2.14. The second-order valence-electron chi connectivity index (χ2n) is 3.94. The van der Waals surface area contributed by atoms with Crippen LogP contribution in [0.25, 0.3) is 0 Å². The van der Waals surface area contributed by atoms with Crippen molar-refractivity contribution in [3.8, 4) is 0 Å². The fraction of sp³-hybridized carbons (Fsp3) is 0.0769. The highest BCUT2D eigenvalue weighted by Crippen LogP contribution is 2.09. The summed E-state index contributed by atoms with van der Waals surface area (Å²) >= 11 is 0. The van der Waals surface area contributed by atoms with E-state index in [-0.39, 0.29) is 17.3 Å². The Morgan fingerprint density at radius 3 is 2.68 bits per heavy atom. The van der Waals surface area contributed by atoms with Gasteiger partial charge in [-0.3, -0.25) is 9.78 Å². The maximum absolute atomic E-state index is 11.9. The van der Waals surface area contributed by atoms with Crippen LogP contribution in [0.1, 0.15) is 26.3 Å². The Labute approximate surface area is 109 Å². The van der Waals surface area contributed by atoms with E-state index >= 15 is 0 Å². The van der Waals surface area contributed by atoms with Crippen LogP contribution in [0, 0.1) is 6.92 Å². The molecule has 2 heterocycles. The summed E-state index contributed by atoms with van der Waals surface area (Å²) in [6.45, 7) is 1.83. The summed E-state index contributed by atoms with van der Waals surface area (Å²) < 4.78 is 0. The monoisotopic (exact) mass is 257 g/mol. The van der Waals surface area contributed by atoms with Crippen molar-refractivity contribution in [2.24, 2.45) is 0 Å². The van der Waals surface area contributed by atoms with Crippen LogP contribution in [0.3, 0.4) is 0 Å². The van der Waals surface area contributed by atoms with E-state index in [0.29, 0.717) is 5.56 Å². The van der Waals surface area contributed by atoms with E-state index in [9.17, 15) is 9.59 Å². The molecule has 0 aromatic carbocycles. The molecule has 96 valence electrons. The quantitative estimate of drug-likeness (QED) is 0.873. The number of nitrogens with one attached hydrogen (secondary N) is 1. The number of amides is 1. The Morgan fingerprint density at radius 2 is 2.00 bits per heavy atom. The lowest BCUT2D eigenvalue weighted by Gasteiger charge is -2.05. The average Bonchev–Trinajstić information content (AvgIpc) is 2.39. The second kappa shape index (κ2) is 5.26. The van der Waals surface area contributed by atoms with Crippen LogP contribution in [0.2, 0.25) is 0 Å². The van der Waals surface area contributed by atoms with Crippen LogP contribution < -0.4 is 5.32 Å². The molecule has 2 aromatic rings. The molecular weight excluding hydrogens is 246 g/mol. The largest absolute Gasteiger partial charge is 0.478 e. The number of pyridine rings is 2. The molecule has 0 spiro atoms. The highest BCUT2D eigenvalue weighted by atomic mass is 16.4. The minimum Gasteiger partial charge on any atom is -0.478 e. The van der Waals surface area contributed by atoms with E-state index in [1.807, 2.05) is 6.92 Å². The number of aromatic carboxylic acids is 1. The van der Waals surface area contributed by atoms with Crippen LogP contribution >= 0.6 is 0 Å². The van der Waals surface area contributed by atoms with Crippen LogP contribution in [0.15, 0.2) is 36.8 Å². The fourth-order valence-corrected chi connectivity index (χ4v) is 1.50. The number of carboxylic acid groups (broad SMARTS) is 1. The number of carbonyl (C=O) groups excluding carboxylic acids is 1. The van der Waals surface area contributed by atoms with E-state index in [4.69, 9.17) is 5.11 Å². The van der Waals surface area contributed by atoms with Crippen molar-refractivity contribution in [1.29, 1.82) is 0 Å². The standard InChI is InChI=1S/C13H11N3O3/c1-8-4-10(7-14-6-8)12(17)16-11-5-9(13(18)19)2-3-15-11/h2-7H,1H3,(H,18,19)(H,15,16,17). The van der Waals surface area contributed by atoms with Crippen molar-refractivity contribution in [3.63, 3.8) is 0 Å². The molecule has 19 heavy (non-hydrogen) atoms. The van der Waals surface area contributed by atoms with Gasteiger partial charge in [0.15, 0.2) is 0 Å². The van der Waals surface area contributed by atoms with Crippen molar-refractivity contribution in [2.45, 2.75) is 6.92 Å². The van der Waals surface area contributed by atoms with Gasteiger partial charge in [-0.25, -0.2) is 9.78 Å². The Morgan fingerprint density at radius 1 is 1.21 bits per heavy atom. The number of hydrogen-bond donors (Lipinski definition) is 2.